The van der Waals surface area contributed by atoms with Gasteiger partial charge in [0.1, 0.15) is 6.54 Å². The fourth-order valence-electron chi connectivity index (χ4n) is 2.30. The van der Waals surface area contributed by atoms with E-state index in [1.807, 2.05) is 6.92 Å². The fraction of sp³-hybridized carbons (Fsp3) is 0.471. The summed E-state index contributed by atoms with van der Waals surface area (Å²) in [6, 6.07) is 6.80. The summed E-state index contributed by atoms with van der Waals surface area (Å²) in [6.45, 7) is 1.84. The van der Waals surface area contributed by atoms with Gasteiger partial charge in [0.05, 0.1) is 16.7 Å². The van der Waals surface area contributed by atoms with Crippen molar-refractivity contribution in [3.8, 4) is 0 Å². The monoisotopic (exact) mass is 403 g/mol. The molecule has 0 atom stereocenters. The average molecular weight is 403 g/mol. The number of hydrogen-bond donors (Lipinski definition) is 1. The van der Waals surface area contributed by atoms with Gasteiger partial charge in [-0.1, -0.05) is 23.9 Å². The molecule has 0 unspecified atom stereocenters. The van der Waals surface area contributed by atoms with E-state index in [1.54, 1.807) is 29.6 Å². The third-order valence-electron chi connectivity index (χ3n) is 3.52. The molecule has 10 heteroatoms. The van der Waals surface area contributed by atoms with Crippen molar-refractivity contribution in [2.75, 3.05) is 25.5 Å². The number of nitrogens with one attached hydrogen (secondary N) is 1. The highest BCUT2D eigenvalue weighted by molar-refractivity contribution is 7.99. The molecule has 1 aromatic carbocycles. The van der Waals surface area contributed by atoms with Crippen LogP contribution >= 0.6 is 11.8 Å². The molecule has 2 rings (SSSR count). The van der Waals surface area contributed by atoms with Crippen LogP contribution in [0, 0.1) is 0 Å². The molecule has 0 spiro atoms. The Hall–Kier alpha value is -2.07. The van der Waals surface area contributed by atoms with E-state index in [1.165, 1.54) is 4.57 Å². The molecule has 0 aliphatic carbocycles. The molecule has 0 aliphatic rings. The van der Waals surface area contributed by atoms with Crippen LogP contribution in [0.1, 0.15) is 13.3 Å². The SMILES string of the molecule is CCOCCCn1c(SCC(=O)NCC(F)(F)F)nc2ccccc2c1=O. The van der Waals surface area contributed by atoms with Gasteiger partial charge in [0.2, 0.25) is 5.91 Å². The summed E-state index contributed by atoms with van der Waals surface area (Å²) < 4.78 is 43.3. The van der Waals surface area contributed by atoms with Crippen LogP contribution in [0.15, 0.2) is 34.2 Å². The van der Waals surface area contributed by atoms with Gasteiger partial charge in [-0.2, -0.15) is 13.2 Å². The summed E-state index contributed by atoms with van der Waals surface area (Å²) in [6.07, 6.45) is -3.90. The number of carbonyl (C=O) groups is 1. The lowest BCUT2D eigenvalue weighted by Gasteiger charge is -2.13. The second kappa shape index (κ2) is 9.75. The standard InChI is InChI=1S/C17H20F3N3O3S/c1-2-26-9-5-8-23-15(25)12-6-3-4-7-13(12)22-16(23)27-10-14(24)21-11-17(18,19)20/h3-4,6-7H,2,5,8-11H2,1H3,(H,21,24). The Morgan fingerprint density at radius 2 is 2.07 bits per heavy atom. The van der Waals surface area contributed by atoms with Crippen LogP contribution in [0.25, 0.3) is 10.9 Å². The van der Waals surface area contributed by atoms with E-state index in [0.717, 1.165) is 11.8 Å². The second-order valence-electron chi connectivity index (χ2n) is 5.60. The van der Waals surface area contributed by atoms with Crippen molar-refractivity contribution in [2.24, 2.45) is 0 Å². The lowest BCUT2D eigenvalue weighted by molar-refractivity contribution is -0.136. The minimum absolute atomic E-state index is 0.254. The number of alkyl halides is 3. The Morgan fingerprint density at radius 3 is 2.78 bits per heavy atom. The van der Waals surface area contributed by atoms with Crippen LogP contribution in [0.5, 0.6) is 0 Å². The lowest BCUT2D eigenvalue weighted by Crippen LogP contribution is -2.35. The van der Waals surface area contributed by atoms with Crippen molar-refractivity contribution in [3.63, 3.8) is 0 Å². The number of benzene rings is 1. The number of ether oxygens (including phenoxy) is 1. The van der Waals surface area contributed by atoms with Crippen molar-refractivity contribution < 1.29 is 22.7 Å². The van der Waals surface area contributed by atoms with Crippen molar-refractivity contribution in [1.29, 1.82) is 0 Å². The predicted molar refractivity (Wildman–Crippen MR) is 96.9 cm³/mol. The number of hydrogen-bond acceptors (Lipinski definition) is 5. The van der Waals surface area contributed by atoms with E-state index in [2.05, 4.69) is 4.98 Å². The van der Waals surface area contributed by atoms with Crippen LogP contribution in [-0.4, -0.2) is 47.1 Å². The zero-order valence-corrected chi connectivity index (χ0v) is 15.5. The number of amides is 1. The quantitative estimate of drug-likeness (QED) is 0.396. The maximum absolute atomic E-state index is 12.7. The first kappa shape index (κ1) is 21.2. The molecular weight excluding hydrogens is 383 g/mol. The van der Waals surface area contributed by atoms with Gasteiger partial charge in [-0.25, -0.2) is 4.98 Å². The molecule has 0 fully saturated rings. The summed E-state index contributed by atoms with van der Waals surface area (Å²) in [5.74, 6) is -1.05. The van der Waals surface area contributed by atoms with Gasteiger partial charge < -0.3 is 10.1 Å². The number of thioether (sulfide) groups is 1. The molecule has 1 amide bonds. The molecule has 0 saturated carbocycles. The molecule has 6 nitrogen and oxygen atoms in total. The van der Waals surface area contributed by atoms with Gasteiger partial charge in [0.25, 0.3) is 5.56 Å². The summed E-state index contributed by atoms with van der Waals surface area (Å²) >= 11 is 0.930. The number of aromatic nitrogens is 2. The third-order valence-corrected chi connectivity index (χ3v) is 4.50. The van der Waals surface area contributed by atoms with Crippen molar-refractivity contribution >= 4 is 28.6 Å². The number of nitrogens with zero attached hydrogens (tertiary/aromatic N) is 2. The highest BCUT2D eigenvalue weighted by Crippen LogP contribution is 2.18. The summed E-state index contributed by atoms with van der Waals surface area (Å²) in [5, 5.41) is 2.54. The van der Waals surface area contributed by atoms with Gasteiger partial charge >= 0.3 is 6.18 Å². The molecule has 1 N–H and O–H groups in total. The van der Waals surface area contributed by atoms with Crippen LogP contribution in [-0.2, 0) is 16.1 Å². The Balaban J connectivity index is 2.17. The summed E-state index contributed by atoms with van der Waals surface area (Å²) in [4.78, 5) is 28.8. The Bertz CT molecular complexity index is 840. The van der Waals surface area contributed by atoms with E-state index in [4.69, 9.17) is 4.74 Å². The zero-order chi connectivity index (χ0) is 19.9. The first-order valence-corrected chi connectivity index (χ1v) is 9.34. The van der Waals surface area contributed by atoms with Gasteiger partial charge in [-0.05, 0) is 25.5 Å². The molecule has 0 aliphatic heterocycles. The maximum Gasteiger partial charge on any atom is 0.405 e. The lowest BCUT2D eigenvalue weighted by atomic mass is 10.2. The molecule has 0 saturated heterocycles. The first-order valence-electron chi connectivity index (χ1n) is 8.35. The zero-order valence-electron chi connectivity index (χ0n) is 14.7. The molecule has 0 radical (unpaired) electrons. The van der Waals surface area contributed by atoms with E-state index in [-0.39, 0.29) is 16.5 Å². The summed E-state index contributed by atoms with van der Waals surface area (Å²) in [7, 11) is 0. The highest BCUT2D eigenvalue weighted by atomic mass is 32.2. The van der Waals surface area contributed by atoms with Crippen molar-refractivity contribution in [3.05, 3.63) is 34.6 Å². The molecular formula is C17H20F3N3O3S. The Kier molecular flexibility index (Phi) is 7.66. The molecule has 2 aromatic rings. The van der Waals surface area contributed by atoms with Crippen molar-refractivity contribution in [1.82, 2.24) is 14.9 Å². The normalized spacial score (nSPS) is 11.7. The van der Waals surface area contributed by atoms with Crippen LogP contribution < -0.4 is 10.9 Å². The van der Waals surface area contributed by atoms with Crippen LogP contribution in [0.3, 0.4) is 0 Å². The van der Waals surface area contributed by atoms with Crippen LogP contribution in [0.2, 0.25) is 0 Å². The Morgan fingerprint density at radius 1 is 1.33 bits per heavy atom. The smallest absolute Gasteiger partial charge is 0.382 e. The van der Waals surface area contributed by atoms with Crippen molar-refractivity contribution in [2.45, 2.75) is 31.2 Å². The minimum Gasteiger partial charge on any atom is -0.382 e. The number of rotatable bonds is 9. The second-order valence-corrected chi connectivity index (χ2v) is 6.54. The fourth-order valence-corrected chi connectivity index (χ4v) is 3.16. The highest BCUT2D eigenvalue weighted by Gasteiger charge is 2.27. The van der Waals surface area contributed by atoms with Crippen LogP contribution in [0.4, 0.5) is 13.2 Å². The molecule has 0 bridgehead atoms. The van der Waals surface area contributed by atoms with Gasteiger partial charge in [-0.15, -0.1) is 0 Å². The molecule has 148 valence electrons. The first-order chi connectivity index (χ1) is 12.8. The predicted octanol–water partition coefficient (Wildman–Crippen LogP) is 2.59. The Labute approximate surface area is 158 Å². The number of halogens is 3. The van der Waals surface area contributed by atoms with E-state index in [9.17, 15) is 22.8 Å². The van der Waals surface area contributed by atoms with Gasteiger partial charge in [0, 0.05) is 19.8 Å². The molecule has 1 heterocycles. The molecule has 27 heavy (non-hydrogen) atoms. The number of carbonyl (C=O) groups excluding carboxylic acids is 1. The van der Waals surface area contributed by atoms with E-state index in [0.29, 0.717) is 37.1 Å². The largest absolute Gasteiger partial charge is 0.405 e. The summed E-state index contributed by atoms with van der Waals surface area (Å²) in [5.41, 5.74) is 0.219. The maximum atomic E-state index is 12.7. The number of para-hydroxylation sites is 1. The number of fused-ring (bicyclic) bond motifs is 1. The topological polar surface area (TPSA) is 73.2 Å². The average Bonchev–Trinajstić information content (AvgIpc) is 2.63. The van der Waals surface area contributed by atoms with E-state index >= 15 is 0 Å². The van der Waals surface area contributed by atoms with Gasteiger partial charge in [0.15, 0.2) is 5.16 Å². The van der Waals surface area contributed by atoms with E-state index < -0.39 is 18.6 Å². The third kappa shape index (κ3) is 6.55. The molecule has 1 aromatic heterocycles. The van der Waals surface area contributed by atoms with Gasteiger partial charge in [-0.3, -0.25) is 14.2 Å². The minimum atomic E-state index is -4.47.